The van der Waals surface area contributed by atoms with Gasteiger partial charge in [0.15, 0.2) is 11.5 Å². The maximum absolute atomic E-state index is 12.6. The molecule has 0 aliphatic heterocycles. The predicted octanol–water partition coefficient (Wildman–Crippen LogP) is 3.99. The van der Waals surface area contributed by atoms with Crippen LogP contribution >= 0.6 is 0 Å². The molecular weight excluding hydrogens is 356 g/mol. The number of nitrogens with two attached hydrogens (primary N) is 1. The van der Waals surface area contributed by atoms with Gasteiger partial charge < -0.3 is 15.2 Å². The molecule has 1 aliphatic rings. The lowest BCUT2D eigenvalue weighted by Gasteiger charge is -2.27. The van der Waals surface area contributed by atoms with Crippen LogP contribution in [-0.2, 0) is 9.59 Å². The topological polar surface area (TPSA) is 102 Å². The molecule has 1 aromatic carbocycles. The molecule has 0 spiro atoms. The smallest absolute Gasteiger partial charge is 0.314 e. The van der Waals surface area contributed by atoms with Crippen LogP contribution in [0.15, 0.2) is 23.8 Å². The fourth-order valence-corrected chi connectivity index (χ4v) is 3.55. The third kappa shape index (κ3) is 5.85. The molecule has 1 aliphatic carbocycles. The van der Waals surface area contributed by atoms with Gasteiger partial charge in [0, 0.05) is 0 Å². The van der Waals surface area contributed by atoms with Crippen LogP contribution in [0.4, 0.5) is 0 Å². The van der Waals surface area contributed by atoms with Crippen LogP contribution in [0.1, 0.15) is 57.4 Å². The number of hydrogen-bond acceptors (Lipinski definition) is 5. The molecule has 0 unspecified atom stereocenters. The molecule has 2 N–H and O–H groups in total. The molecule has 0 aromatic heterocycles. The van der Waals surface area contributed by atoms with Crippen molar-refractivity contribution >= 4 is 18.0 Å². The summed E-state index contributed by atoms with van der Waals surface area (Å²) in [6.07, 6.45) is 8.95. The lowest BCUT2D eigenvalue weighted by atomic mass is 9.80. The van der Waals surface area contributed by atoms with Gasteiger partial charge in [-0.15, -0.1) is 0 Å². The van der Waals surface area contributed by atoms with E-state index in [1.54, 1.807) is 24.3 Å². The Labute approximate surface area is 166 Å². The van der Waals surface area contributed by atoms with Gasteiger partial charge in [-0.1, -0.05) is 32.3 Å². The molecule has 1 aromatic rings. The Hall–Kier alpha value is -2.81. The third-order valence-corrected chi connectivity index (χ3v) is 5.24. The number of ether oxygens (including phenoxy) is 2. The van der Waals surface area contributed by atoms with Crippen LogP contribution in [0.3, 0.4) is 0 Å². The molecule has 2 rings (SSSR count). The minimum Gasteiger partial charge on any atom is -0.493 e. The quantitative estimate of drug-likeness (QED) is 0.316. The molecule has 6 nitrogen and oxygen atoms in total. The summed E-state index contributed by atoms with van der Waals surface area (Å²) in [4.78, 5) is 23.7. The third-order valence-electron chi connectivity index (χ3n) is 5.24. The minimum absolute atomic E-state index is 0.0813. The molecule has 0 atom stereocenters. The highest BCUT2D eigenvalue weighted by molar-refractivity contribution is 6.00. The summed E-state index contributed by atoms with van der Waals surface area (Å²) in [5.74, 6) is 0.305. The maximum atomic E-state index is 12.6. The first-order valence-corrected chi connectivity index (χ1v) is 9.79. The largest absolute Gasteiger partial charge is 0.493 e. The van der Waals surface area contributed by atoms with Crippen LogP contribution in [0, 0.1) is 23.2 Å². The number of methoxy groups -OCH3 is 1. The number of esters is 1. The van der Waals surface area contributed by atoms with Crippen LogP contribution in [0.5, 0.6) is 11.5 Å². The molecule has 1 amide bonds. The molecule has 0 radical (unpaired) electrons. The van der Waals surface area contributed by atoms with E-state index >= 15 is 0 Å². The minimum atomic E-state index is -0.800. The number of hydrogen-bond donors (Lipinski definition) is 1. The van der Waals surface area contributed by atoms with Crippen LogP contribution in [0.25, 0.3) is 6.08 Å². The zero-order chi connectivity index (χ0) is 20.5. The first-order chi connectivity index (χ1) is 13.5. The first-order valence-electron chi connectivity index (χ1n) is 9.79. The van der Waals surface area contributed by atoms with E-state index in [-0.39, 0.29) is 17.5 Å². The number of benzene rings is 1. The molecule has 1 saturated carbocycles. The van der Waals surface area contributed by atoms with Crippen LogP contribution in [0.2, 0.25) is 0 Å². The van der Waals surface area contributed by atoms with Gasteiger partial charge in [-0.05, 0) is 55.4 Å². The van der Waals surface area contributed by atoms with E-state index in [4.69, 9.17) is 20.5 Å². The Morgan fingerprint density at radius 3 is 2.54 bits per heavy atom. The lowest BCUT2D eigenvalue weighted by molar-refractivity contribution is -0.140. The fraction of sp³-hybridized carbons (Fsp3) is 0.500. The van der Waals surface area contributed by atoms with Gasteiger partial charge in [-0.2, -0.15) is 5.26 Å². The Kier molecular flexibility index (Phi) is 8.06. The van der Waals surface area contributed by atoms with Gasteiger partial charge in [-0.25, -0.2) is 0 Å². The Morgan fingerprint density at radius 2 is 1.96 bits per heavy atom. The summed E-state index contributed by atoms with van der Waals surface area (Å²) in [6.45, 7) is 2.20. The number of nitriles is 1. The van der Waals surface area contributed by atoms with Crippen molar-refractivity contribution in [2.24, 2.45) is 17.6 Å². The second kappa shape index (κ2) is 10.5. The Morgan fingerprint density at radius 1 is 1.25 bits per heavy atom. The van der Waals surface area contributed by atoms with Crippen molar-refractivity contribution in [3.05, 3.63) is 29.3 Å². The molecule has 0 saturated heterocycles. The second-order valence-electron chi connectivity index (χ2n) is 7.23. The van der Waals surface area contributed by atoms with Crippen molar-refractivity contribution in [1.29, 1.82) is 5.26 Å². The zero-order valence-electron chi connectivity index (χ0n) is 16.6. The normalized spacial score (nSPS) is 19.5. The van der Waals surface area contributed by atoms with Crippen molar-refractivity contribution in [3.63, 3.8) is 0 Å². The van der Waals surface area contributed by atoms with Crippen molar-refractivity contribution < 1.29 is 19.1 Å². The van der Waals surface area contributed by atoms with Gasteiger partial charge in [0.1, 0.15) is 11.6 Å². The highest BCUT2D eigenvalue weighted by Gasteiger charge is 2.28. The highest BCUT2D eigenvalue weighted by atomic mass is 16.6. The van der Waals surface area contributed by atoms with Crippen molar-refractivity contribution in [2.45, 2.75) is 51.9 Å². The summed E-state index contributed by atoms with van der Waals surface area (Å²) in [5.41, 5.74) is 5.55. The number of rotatable bonds is 8. The first kappa shape index (κ1) is 21.5. The van der Waals surface area contributed by atoms with Crippen LogP contribution in [-0.4, -0.2) is 19.0 Å². The van der Waals surface area contributed by atoms with E-state index in [0.717, 1.165) is 31.6 Å². The number of carbonyl (C=O) groups excluding carboxylic acids is 2. The molecule has 6 heteroatoms. The molecule has 28 heavy (non-hydrogen) atoms. The summed E-state index contributed by atoms with van der Waals surface area (Å²) in [5, 5.41) is 8.95. The van der Waals surface area contributed by atoms with E-state index in [1.165, 1.54) is 32.4 Å². The van der Waals surface area contributed by atoms with Gasteiger partial charge >= 0.3 is 5.97 Å². The Balaban J connectivity index is 2.03. The summed E-state index contributed by atoms with van der Waals surface area (Å²) < 4.78 is 10.9. The molecule has 0 heterocycles. The number of primary amides is 1. The highest BCUT2D eigenvalue weighted by Crippen LogP contribution is 2.34. The monoisotopic (exact) mass is 384 g/mol. The number of nitrogens with zero attached hydrogens (tertiary/aromatic N) is 1. The predicted molar refractivity (Wildman–Crippen MR) is 106 cm³/mol. The Bertz CT molecular complexity index is 771. The van der Waals surface area contributed by atoms with Gasteiger partial charge in [0.2, 0.25) is 0 Å². The van der Waals surface area contributed by atoms with E-state index in [9.17, 15) is 9.59 Å². The van der Waals surface area contributed by atoms with Crippen LogP contribution < -0.4 is 15.2 Å². The number of carbonyl (C=O) groups is 2. The average Bonchev–Trinajstić information content (AvgIpc) is 2.71. The SMILES string of the molecule is CCCCC1CCC(C(=O)Oc2ccc(/C=C(\C#N)C(N)=O)cc2OC)CC1. The van der Waals surface area contributed by atoms with Gasteiger partial charge in [-0.3, -0.25) is 9.59 Å². The van der Waals surface area contributed by atoms with Crippen molar-refractivity contribution in [2.75, 3.05) is 7.11 Å². The number of amides is 1. The summed E-state index contributed by atoms with van der Waals surface area (Å²) in [6, 6.07) is 6.60. The summed E-state index contributed by atoms with van der Waals surface area (Å²) >= 11 is 0. The summed E-state index contributed by atoms with van der Waals surface area (Å²) in [7, 11) is 1.47. The van der Waals surface area contributed by atoms with Gasteiger partial charge in [0.05, 0.1) is 13.0 Å². The molecule has 150 valence electrons. The van der Waals surface area contributed by atoms with Crippen molar-refractivity contribution in [1.82, 2.24) is 0 Å². The van der Waals surface area contributed by atoms with E-state index in [2.05, 4.69) is 6.92 Å². The molecular formula is C22H28N2O4. The molecule has 0 bridgehead atoms. The maximum Gasteiger partial charge on any atom is 0.314 e. The van der Waals surface area contributed by atoms with E-state index in [0.29, 0.717) is 17.1 Å². The van der Waals surface area contributed by atoms with E-state index < -0.39 is 5.91 Å². The lowest BCUT2D eigenvalue weighted by Crippen LogP contribution is -2.25. The molecule has 1 fully saturated rings. The standard InChI is InChI=1S/C22H28N2O4/c1-3-4-5-15-6-9-17(10-7-15)22(26)28-19-11-8-16(13-20(19)27-2)12-18(14-23)21(24)25/h8,11-13,15,17H,3-7,9-10H2,1-2H3,(H2,24,25)/b18-12+. The van der Waals surface area contributed by atoms with E-state index in [1.807, 2.05) is 0 Å². The number of unbranched alkanes of at least 4 members (excludes halogenated alkanes) is 1. The zero-order valence-corrected chi connectivity index (χ0v) is 16.6. The average molecular weight is 384 g/mol. The van der Waals surface area contributed by atoms with Gasteiger partial charge in [0.25, 0.3) is 5.91 Å². The second-order valence-corrected chi connectivity index (χ2v) is 7.23. The van der Waals surface area contributed by atoms with Crippen molar-refractivity contribution in [3.8, 4) is 17.6 Å². The fourth-order valence-electron chi connectivity index (χ4n) is 3.55.